The van der Waals surface area contributed by atoms with Gasteiger partial charge in [0.15, 0.2) is 0 Å². The van der Waals surface area contributed by atoms with E-state index in [4.69, 9.17) is 5.73 Å². The molecule has 0 heterocycles. The van der Waals surface area contributed by atoms with Crippen molar-refractivity contribution in [2.75, 3.05) is 10.5 Å². The maximum absolute atomic E-state index is 12.2. The van der Waals surface area contributed by atoms with Crippen molar-refractivity contribution < 1.29 is 8.42 Å². The maximum atomic E-state index is 12.2. The summed E-state index contributed by atoms with van der Waals surface area (Å²) >= 11 is 3.30. The Bertz CT molecular complexity index is 687. The summed E-state index contributed by atoms with van der Waals surface area (Å²) in [4.78, 5) is 0.215. The number of nitrogens with one attached hydrogen (secondary N) is 1. The zero-order valence-corrected chi connectivity index (χ0v) is 12.4. The largest absolute Gasteiger partial charge is 0.397 e. The minimum atomic E-state index is -3.62. The standard InChI is InChI=1S/C13H13BrN2O2S/c14-9-10-4-3-5-11(8-10)19(17,18)16-13-7-2-1-6-12(13)15/h1-8,16H,9,15H2. The number of halogens is 1. The normalized spacial score (nSPS) is 11.2. The molecule has 0 aliphatic rings. The molecule has 6 heteroatoms. The number of anilines is 2. The summed E-state index contributed by atoms with van der Waals surface area (Å²) in [5.41, 5.74) is 7.39. The van der Waals surface area contributed by atoms with E-state index < -0.39 is 10.0 Å². The number of benzene rings is 2. The van der Waals surface area contributed by atoms with Crippen LogP contribution in [-0.4, -0.2) is 8.42 Å². The van der Waals surface area contributed by atoms with Crippen molar-refractivity contribution in [2.45, 2.75) is 10.2 Å². The Labute approximate surface area is 120 Å². The Morgan fingerprint density at radius 3 is 2.53 bits per heavy atom. The van der Waals surface area contributed by atoms with E-state index in [0.717, 1.165) is 5.56 Å². The van der Waals surface area contributed by atoms with Crippen LogP contribution in [0.25, 0.3) is 0 Å². The highest BCUT2D eigenvalue weighted by Gasteiger charge is 2.15. The molecule has 0 aromatic heterocycles. The first-order valence-electron chi connectivity index (χ1n) is 5.55. The lowest BCUT2D eigenvalue weighted by molar-refractivity contribution is 0.601. The summed E-state index contributed by atoms with van der Waals surface area (Å²) < 4.78 is 27.0. The van der Waals surface area contributed by atoms with Crippen molar-refractivity contribution in [2.24, 2.45) is 0 Å². The number of nitrogen functional groups attached to an aromatic ring is 1. The number of alkyl halides is 1. The maximum Gasteiger partial charge on any atom is 0.261 e. The van der Waals surface area contributed by atoms with Crippen molar-refractivity contribution >= 4 is 37.3 Å². The topological polar surface area (TPSA) is 72.2 Å². The van der Waals surface area contributed by atoms with Gasteiger partial charge in [0.05, 0.1) is 16.3 Å². The monoisotopic (exact) mass is 340 g/mol. The Kier molecular flexibility index (Phi) is 4.11. The average molecular weight is 341 g/mol. The van der Waals surface area contributed by atoms with Gasteiger partial charge in [-0.25, -0.2) is 8.42 Å². The molecule has 0 radical (unpaired) electrons. The minimum absolute atomic E-state index is 0.215. The van der Waals surface area contributed by atoms with Crippen LogP contribution in [0, 0.1) is 0 Å². The third-order valence-corrected chi connectivity index (χ3v) is 4.58. The van der Waals surface area contributed by atoms with Crippen LogP contribution in [-0.2, 0) is 15.4 Å². The van der Waals surface area contributed by atoms with Crippen molar-refractivity contribution in [1.29, 1.82) is 0 Å². The molecule has 2 rings (SSSR count). The molecule has 0 atom stereocenters. The molecular weight excluding hydrogens is 328 g/mol. The molecule has 0 aliphatic carbocycles. The van der Waals surface area contributed by atoms with E-state index in [2.05, 4.69) is 20.7 Å². The molecule has 4 nitrogen and oxygen atoms in total. The average Bonchev–Trinajstić information content (AvgIpc) is 2.41. The number of hydrogen-bond acceptors (Lipinski definition) is 3. The van der Waals surface area contributed by atoms with Crippen LogP contribution in [0.15, 0.2) is 53.4 Å². The van der Waals surface area contributed by atoms with Gasteiger partial charge in [0.1, 0.15) is 0 Å². The van der Waals surface area contributed by atoms with E-state index in [1.54, 1.807) is 42.5 Å². The molecule has 0 unspecified atom stereocenters. The van der Waals surface area contributed by atoms with Crippen molar-refractivity contribution in [1.82, 2.24) is 0 Å². The highest BCUT2D eigenvalue weighted by atomic mass is 79.9. The highest BCUT2D eigenvalue weighted by molar-refractivity contribution is 9.08. The zero-order chi connectivity index (χ0) is 13.9. The lowest BCUT2D eigenvalue weighted by atomic mass is 10.2. The summed E-state index contributed by atoms with van der Waals surface area (Å²) in [5.74, 6) is 0. The fourth-order valence-corrected chi connectivity index (χ4v) is 3.10. The molecule has 0 bridgehead atoms. The van der Waals surface area contributed by atoms with Crippen LogP contribution in [0.3, 0.4) is 0 Å². The van der Waals surface area contributed by atoms with E-state index in [1.165, 1.54) is 0 Å². The van der Waals surface area contributed by atoms with Crippen molar-refractivity contribution in [3.63, 3.8) is 0 Å². The molecule has 0 amide bonds. The second-order valence-electron chi connectivity index (χ2n) is 3.97. The fourth-order valence-electron chi connectivity index (χ4n) is 1.59. The van der Waals surface area contributed by atoms with Gasteiger partial charge in [0.25, 0.3) is 10.0 Å². The summed E-state index contributed by atoms with van der Waals surface area (Å²) in [6, 6.07) is 13.5. The smallest absolute Gasteiger partial charge is 0.261 e. The van der Waals surface area contributed by atoms with Gasteiger partial charge in [-0.05, 0) is 29.8 Å². The van der Waals surface area contributed by atoms with Gasteiger partial charge in [-0.2, -0.15) is 0 Å². The van der Waals surface area contributed by atoms with Crippen LogP contribution in [0.4, 0.5) is 11.4 Å². The SMILES string of the molecule is Nc1ccccc1NS(=O)(=O)c1cccc(CBr)c1. The molecule has 2 aromatic rings. The number of rotatable bonds is 4. The van der Waals surface area contributed by atoms with E-state index in [1.807, 2.05) is 6.07 Å². The number of sulfonamides is 1. The quantitative estimate of drug-likeness (QED) is 0.663. The number of para-hydroxylation sites is 2. The van der Waals surface area contributed by atoms with Gasteiger partial charge in [0.2, 0.25) is 0 Å². The molecule has 0 aliphatic heterocycles. The molecule has 0 saturated carbocycles. The molecule has 3 N–H and O–H groups in total. The fraction of sp³-hybridized carbons (Fsp3) is 0.0769. The van der Waals surface area contributed by atoms with E-state index in [-0.39, 0.29) is 4.90 Å². The first kappa shape index (κ1) is 13.9. The number of hydrogen-bond donors (Lipinski definition) is 2. The second-order valence-corrected chi connectivity index (χ2v) is 6.22. The third kappa shape index (κ3) is 3.27. The van der Waals surface area contributed by atoms with Crippen LogP contribution < -0.4 is 10.5 Å². The van der Waals surface area contributed by atoms with Crippen LogP contribution >= 0.6 is 15.9 Å². The summed E-state index contributed by atoms with van der Waals surface area (Å²) in [5, 5.41) is 0.601. The minimum Gasteiger partial charge on any atom is -0.397 e. The summed E-state index contributed by atoms with van der Waals surface area (Å²) in [6.07, 6.45) is 0. The summed E-state index contributed by atoms with van der Waals surface area (Å²) in [6.45, 7) is 0. The van der Waals surface area contributed by atoms with Crippen molar-refractivity contribution in [3.05, 3.63) is 54.1 Å². The van der Waals surface area contributed by atoms with Gasteiger partial charge in [-0.15, -0.1) is 0 Å². The Balaban J connectivity index is 2.35. The van der Waals surface area contributed by atoms with E-state index in [9.17, 15) is 8.42 Å². The van der Waals surface area contributed by atoms with Gasteiger partial charge in [-0.3, -0.25) is 4.72 Å². The van der Waals surface area contributed by atoms with E-state index in [0.29, 0.717) is 16.7 Å². The Morgan fingerprint density at radius 2 is 1.84 bits per heavy atom. The Morgan fingerprint density at radius 1 is 1.11 bits per heavy atom. The molecule has 0 saturated heterocycles. The van der Waals surface area contributed by atoms with Gasteiger partial charge in [-0.1, -0.05) is 40.2 Å². The Hall–Kier alpha value is -1.53. The number of nitrogens with two attached hydrogens (primary N) is 1. The molecule has 0 spiro atoms. The molecule has 2 aromatic carbocycles. The highest BCUT2D eigenvalue weighted by Crippen LogP contribution is 2.22. The van der Waals surface area contributed by atoms with E-state index >= 15 is 0 Å². The first-order valence-corrected chi connectivity index (χ1v) is 8.15. The molecule has 0 fully saturated rings. The lowest BCUT2D eigenvalue weighted by Crippen LogP contribution is -2.14. The van der Waals surface area contributed by atoms with Crippen LogP contribution in [0.5, 0.6) is 0 Å². The van der Waals surface area contributed by atoms with Gasteiger partial charge in [0, 0.05) is 5.33 Å². The third-order valence-electron chi connectivity index (χ3n) is 2.57. The molecule has 100 valence electrons. The van der Waals surface area contributed by atoms with Gasteiger partial charge >= 0.3 is 0 Å². The first-order chi connectivity index (χ1) is 9.03. The predicted octanol–water partition coefficient (Wildman–Crippen LogP) is 2.96. The summed E-state index contributed by atoms with van der Waals surface area (Å²) in [7, 11) is -3.62. The van der Waals surface area contributed by atoms with Crippen LogP contribution in [0.2, 0.25) is 0 Å². The van der Waals surface area contributed by atoms with Crippen LogP contribution in [0.1, 0.15) is 5.56 Å². The molecular formula is C13H13BrN2O2S. The van der Waals surface area contributed by atoms with Crippen molar-refractivity contribution in [3.8, 4) is 0 Å². The predicted molar refractivity (Wildman–Crippen MR) is 80.7 cm³/mol. The zero-order valence-electron chi connectivity index (χ0n) is 10.0. The lowest BCUT2D eigenvalue weighted by Gasteiger charge is -2.10. The molecule has 19 heavy (non-hydrogen) atoms. The van der Waals surface area contributed by atoms with Gasteiger partial charge < -0.3 is 5.73 Å². The second kappa shape index (κ2) is 5.63.